The summed E-state index contributed by atoms with van der Waals surface area (Å²) < 4.78 is 0. The number of carbonyl (C=O) groups is 1. The predicted octanol–water partition coefficient (Wildman–Crippen LogP) is 3.36. The van der Waals surface area contributed by atoms with Crippen molar-refractivity contribution in [3.8, 4) is 0 Å². The van der Waals surface area contributed by atoms with Crippen molar-refractivity contribution in [1.82, 2.24) is 5.32 Å². The minimum absolute atomic E-state index is 0.00965. The van der Waals surface area contributed by atoms with Crippen molar-refractivity contribution >= 4 is 17.7 Å². The van der Waals surface area contributed by atoms with E-state index in [0.29, 0.717) is 12.1 Å². The van der Waals surface area contributed by atoms with E-state index < -0.39 is 4.92 Å². The van der Waals surface area contributed by atoms with E-state index in [1.54, 1.807) is 18.2 Å². The van der Waals surface area contributed by atoms with Crippen molar-refractivity contribution in [2.75, 3.05) is 6.54 Å². The molecule has 0 heterocycles. The lowest BCUT2D eigenvalue weighted by Crippen LogP contribution is -2.22. The molecule has 0 spiro atoms. The Morgan fingerprint density at radius 2 is 1.91 bits per heavy atom. The van der Waals surface area contributed by atoms with Gasteiger partial charge in [-0.2, -0.15) is 0 Å². The zero-order valence-electron chi connectivity index (χ0n) is 12.6. The monoisotopic (exact) mass is 310 g/mol. The van der Waals surface area contributed by atoms with E-state index in [4.69, 9.17) is 0 Å². The van der Waals surface area contributed by atoms with Crippen molar-refractivity contribution < 1.29 is 9.72 Å². The third-order valence-electron chi connectivity index (χ3n) is 3.29. The van der Waals surface area contributed by atoms with Gasteiger partial charge < -0.3 is 5.32 Å². The van der Waals surface area contributed by atoms with Gasteiger partial charge in [0.1, 0.15) is 0 Å². The highest BCUT2D eigenvalue weighted by molar-refractivity contribution is 5.91. The molecule has 0 aliphatic rings. The van der Waals surface area contributed by atoms with Crippen LogP contribution in [0.25, 0.3) is 6.08 Å². The largest absolute Gasteiger partial charge is 0.353 e. The van der Waals surface area contributed by atoms with Gasteiger partial charge in [0.25, 0.3) is 5.69 Å². The van der Waals surface area contributed by atoms with Gasteiger partial charge in [0.2, 0.25) is 5.91 Å². The third-order valence-corrected chi connectivity index (χ3v) is 3.29. The molecule has 1 amide bonds. The Hall–Kier alpha value is -2.95. The molecule has 0 bridgehead atoms. The van der Waals surface area contributed by atoms with E-state index in [1.165, 1.54) is 23.8 Å². The van der Waals surface area contributed by atoms with Crippen molar-refractivity contribution in [2.24, 2.45) is 0 Å². The molecule has 2 aromatic carbocycles. The summed E-state index contributed by atoms with van der Waals surface area (Å²) in [5.74, 6) is -0.204. The molecule has 0 aromatic heterocycles. The number of amides is 1. The predicted molar refractivity (Wildman–Crippen MR) is 89.9 cm³/mol. The summed E-state index contributed by atoms with van der Waals surface area (Å²) in [6.07, 6.45) is 4.73. The second-order valence-electron chi connectivity index (χ2n) is 5.07. The van der Waals surface area contributed by atoms with Crippen LogP contribution < -0.4 is 5.32 Å². The fraction of sp³-hybridized carbons (Fsp3) is 0.167. The summed E-state index contributed by atoms with van der Waals surface area (Å²) in [6.45, 7) is 0.590. The molecular weight excluding hydrogens is 292 g/mol. The maximum Gasteiger partial charge on any atom is 0.270 e. The molecule has 0 aliphatic heterocycles. The van der Waals surface area contributed by atoms with Crippen LogP contribution in [0.4, 0.5) is 5.69 Å². The van der Waals surface area contributed by atoms with E-state index in [1.807, 2.05) is 18.2 Å². The number of benzene rings is 2. The minimum atomic E-state index is -0.457. The molecule has 0 unspecified atom stereocenters. The summed E-state index contributed by atoms with van der Waals surface area (Å²) in [6, 6.07) is 16.2. The minimum Gasteiger partial charge on any atom is -0.353 e. The average molecular weight is 310 g/mol. The molecule has 0 radical (unpaired) electrons. The molecule has 2 aromatic rings. The Kier molecular flexibility index (Phi) is 6.06. The van der Waals surface area contributed by atoms with Crippen LogP contribution in [0, 0.1) is 10.1 Å². The second kappa shape index (κ2) is 8.48. The lowest BCUT2D eigenvalue weighted by Gasteiger charge is -2.02. The van der Waals surface area contributed by atoms with E-state index in [0.717, 1.165) is 12.8 Å². The van der Waals surface area contributed by atoms with Gasteiger partial charge in [-0.15, -0.1) is 0 Å². The lowest BCUT2D eigenvalue weighted by molar-refractivity contribution is -0.384. The van der Waals surface area contributed by atoms with Crippen molar-refractivity contribution in [2.45, 2.75) is 12.8 Å². The Bertz CT molecular complexity index is 696. The highest BCUT2D eigenvalue weighted by atomic mass is 16.6. The van der Waals surface area contributed by atoms with Crippen LogP contribution in [0.15, 0.2) is 60.7 Å². The number of rotatable bonds is 7. The van der Waals surface area contributed by atoms with Gasteiger partial charge in [0.15, 0.2) is 0 Å². The average Bonchev–Trinajstić information content (AvgIpc) is 2.58. The summed E-state index contributed by atoms with van der Waals surface area (Å²) in [4.78, 5) is 21.9. The molecule has 118 valence electrons. The van der Waals surface area contributed by atoms with Gasteiger partial charge in [0.05, 0.1) is 4.92 Å². The zero-order valence-corrected chi connectivity index (χ0v) is 12.6. The van der Waals surface area contributed by atoms with Gasteiger partial charge in [-0.3, -0.25) is 14.9 Å². The van der Waals surface area contributed by atoms with Gasteiger partial charge in [-0.1, -0.05) is 42.5 Å². The standard InChI is InChI=1S/C18H18N2O3/c21-18(19-13-5-9-15-6-2-1-3-7-15)12-11-16-8-4-10-17(14-16)20(22)23/h1-4,6-8,10-12,14H,5,9,13H2,(H,19,21). The highest BCUT2D eigenvalue weighted by Gasteiger charge is 2.04. The summed E-state index contributed by atoms with van der Waals surface area (Å²) in [7, 11) is 0. The highest BCUT2D eigenvalue weighted by Crippen LogP contribution is 2.13. The number of nitro groups is 1. The van der Waals surface area contributed by atoms with Crippen LogP contribution in [0.3, 0.4) is 0 Å². The van der Waals surface area contributed by atoms with Crippen molar-refractivity contribution in [3.05, 3.63) is 81.9 Å². The van der Waals surface area contributed by atoms with Gasteiger partial charge in [0, 0.05) is 24.8 Å². The number of non-ortho nitro benzene ring substituents is 1. The topological polar surface area (TPSA) is 72.2 Å². The Labute approximate surface area is 134 Å². The fourth-order valence-corrected chi connectivity index (χ4v) is 2.12. The zero-order chi connectivity index (χ0) is 16.5. The maximum atomic E-state index is 11.7. The van der Waals surface area contributed by atoms with Crippen LogP contribution in [0.2, 0.25) is 0 Å². The smallest absolute Gasteiger partial charge is 0.270 e. The first-order valence-electron chi connectivity index (χ1n) is 7.39. The number of hydrogen-bond donors (Lipinski definition) is 1. The molecule has 5 nitrogen and oxygen atoms in total. The number of nitrogens with one attached hydrogen (secondary N) is 1. The van der Waals surface area contributed by atoms with Gasteiger partial charge in [-0.25, -0.2) is 0 Å². The van der Waals surface area contributed by atoms with Crippen LogP contribution in [0.5, 0.6) is 0 Å². The molecule has 2 rings (SSSR count). The van der Waals surface area contributed by atoms with Crippen molar-refractivity contribution in [3.63, 3.8) is 0 Å². The molecule has 0 aliphatic carbocycles. The maximum absolute atomic E-state index is 11.7. The van der Waals surface area contributed by atoms with Gasteiger partial charge in [-0.05, 0) is 30.0 Å². The molecular formula is C18H18N2O3. The SMILES string of the molecule is O=C(C=Cc1cccc([N+](=O)[O-])c1)NCCCc1ccccc1. The van der Waals surface area contributed by atoms with Crippen LogP contribution in [-0.2, 0) is 11.2 Å². The number of nitrogens with zero attached hydrogens (tertiary/aromatic N) is 1. The Balaban J connectivity index is 1.76. The summed E-state index contributed by atoms with van der Waals surface area (Å²) >= 11 is 0. The van der Waals surface area contributed by atoms with Crippen LogP contribution >= 0.6 is 0 Å². The molecule has 23 heavy (non-hydrogen) atoms. The quantitative estimate of drug-likeness (QED) is 0.369. The van der Waals surface area contributed by atoms with E-state index >= 15 is 0 Å². The first-order chi connectivity index (χ1) is 11.1. The summed E-state index contributed by atoms with van der Waals surface area (Å²) in [5.41, 5.74) is 1.88. The van der Waals surface area contributed by atoms with E-state index in [2.05, 4.69) is 17.4 Å². The Morgan fingerprint density at radius 3 is 2.65 bits per heavy atom. The Morgan fingerprint density at radius 1 is 1.13 bits per heavy atom. The van der Waals surface area contributed by atoms with Crippen LogP contribution in [-0.4, -0.2) is 17.4 Å². The number of carbonyl (C=O) groups excluding carboxylic acids is 1. The first-order valence-corrected chi connectivity index (χ1v) is 7.39. The number of hydrogen-bond acceptors (Lipinski definition) is 3. The summed E-state index contributed by atoms with van der Waals surface area (Å²) in [5, 5.41) is 13.5. The first kappa shape index (κ1) is 16.4. The fourth-order valence-electron chi connectivity index (χ4n) is 2.12. The normalized spacial score (nSPS) is 10.6. The van der Waals surface area contributed by atoms with E-state index in [-0.39, 0.29) is 11.6 Å². The molecule has 5 heteroatoms. The van der Waals surface area contributed by atoms with E-state index in [9.17, 15) is 14.9 Å². The second-order valence-corrected chi connectivity index (χ2v) is 5.07. The molecule has 0 fully saturated rings. The third kappa shape index (κ3) is 5.74. The lowest BCUT2D eigenvalue weighted by atomic mass is 10.1. The molecule has 0 saturated heterocycles. The van der Waals surface area contributed by atoms with Crippen molar-refractivity contribution in [1.29, 1.82) is 0 Å². The van der Waals surface area contributed by atoms with Crippen LogP contribution in [0.1, 0.15) is 17.5 Å². The molecule has 0 atom stereocenters. The number of aryl methyl sites for hydroxylation is 1. The number of nitro benzene ring substituents is 1. The van der Waals surface area contributed by atoms with Gasteiger partial charge >= 0.3 is 0 Å². The molecule has 1 N–H and O–H groups in total. The molecule has 0 saturated carbocycles.